The number of halogens is 3. The van der Waals surface area contributed by atoms with Crippen molar-refractivity contribution >= 4 is 15.9 Å². The first kappa shape index (κ1) is 29.6. The van der Waals surface area contributed by atoms with Crippen LogP contribution in [0.3, 0.4) is 0 Å². The number of nitrogens with one attached hydrogen (secondary N) is 2. The van der Waals surface area contributed by atoms with Gasteiger partial charge in [-0.25, -0.2) is 13.1 Å². The van der Waals surface area contributed by atoms with Crippen LogP contribution in [0.1, 0.15) is 93.4 Å². The number of aromatic nitrogens is 1. The zero-order chi connectivity index (χ0) is 28.6. The molecule has 0 spiro atoms. The van der Waals surface area contributed by atoms with E-state index < -0.39 is 32.2 Å². The molecule has 2 aromatic rings. The molecule has 11 heteroatoms. The maximum atomic E-state index is 14.3. The SMILES string of the molecule is Cc1c(C(=O)NC2CCOCC2)cc(-c2ccc(S(=O)(=O)NC(C)(C)C)c(C(F)(F)F)c2)n1C1CCCCC1. The van der Waals surface area contributed by atoms with E-state index in [2.05, 4.69) is 10.0 Å². The van der Waals surface area contributed by atoms with E-state index in [1.807, 2.05) is 11.5 Å². The minimum absolute atomic E-state index is 0.0243. The molecule has 1 saturated heterocycles. The lowest BCUT2D eigenvalue weighted by molar-refractivity contribution is -0.139. The zero-order valence-corrected chi connectivity index (χ0v) is 23.8. The van der Waals surface area contributed by atoms with E-state index in [1.54, 1.807) is 26.8 Å². The predicted octanol–water partition coefficient (Wildman–Crippen LogP) is 5.97. The molecule has 2 fully saturated rings. The third kappa shape index (κ3) is 6.86. The fraction of sp³-hybridized carbons (Fsp3) is 0.607. The first-order valence-electron chi connectivity index (χ1n) is 13.5. The Morgan fingerprint density at radius 2 is 1.64 bits per heavy atom. The molecule has 1 aliphatic carbocycles. The number of nitrogens with zero attached hydrogens (tertiary/aromatic N) is 1. The Morgan fingerprint density at radius 3 is 2.23 bits per heavy atom. The summed E-state index contributed by atoms with van der Waals surface area (Å²) in [5.41, 5.74) is -0.382. The minimum atomic E-state index is -4.90. The summed E-state index contributed by atoms with van der Waals surface area (Å²) in [6, 6.07) is 4.98. The number of carbonyl (C=O) groups is 1. The third-order valence-electron chi connectivity index (χ3n) is 7.34. The summed E-state index contributed by atoms with van der Waals surface area (Å²) in [7, 11) is -4.45. The fourth-order valence-electron chi connectivity index (χ4n) is 5.59. The molecule has 1 aromatic heterocycles. The monoisotopic (exact) mass is 569 g/mol. The Labute approximate surface area is 228 Å². The van der Waals surface area contributed by atoms with Crippen LogP contribution in [0.4, 0.5) is 13.2 Å². The Kier molecular flexibility index (Phi) is 8.54. The molecular weight excluding hydrogens is 531 g/mol. The van der Waals surface area contributed by atoms with Crippen LogP contribution in [-0.4, -0.2) is 43.7 Å². The van der Waals surface area contributed by atoms with Crippen molar-refractivity contribution < 1.29 is 31.1 Å². The summed E-state index contributed by atoms with van der Waals surface area (Å²) >= 11 is 0. The van der Waals surface area contributed by atoms with E-state index in [0.29, 0.717) is 43.0 Å². The minimum Gasteiger partial charge on any atom is -0.381 e. The molecule has 2 heterocycles. The smallest absolute Gasteiger partial charge is 0.381 e. The molecule has 7 nitrogen and oxygen atoms in total. The number of carbonyl (C=O) groups excluding carboxylic acids is 1. The highest BCUT2D eigenvalue weighted by atomic mass is 32.2. The molecule has 1 amide bonds. The molecule has 1 saturated carbocycles. The van der Waals surface area contributed by atoms with Gasteiger partial charge in [-0.2, -0.15) is 13.2 Å². The highest BCUT2D eigenvalue weighted by molar-refractivity contribution is 7.89. The summed E-state index contributed by atoms with van der Waals surface area (Å²) in [4.78, 5) is 12.5. The summed E-state index contributed by atoms with van der Waals surface area (Å²) in [5.74, 6) is -0.264. The van der Waals surface area contributed by atoms with E-state index in [9.17, 15) is 26.4 Å². The van der Waals surface area contributed by atoms with Gasteiger partial charge in [0.05, 0.1) is 16.0 Å². The van der Waals surface area contributed by atoms with Gasteiger partial charge in [0.25, 0.3) is 5.91 Å². The first-order chi connectivity index (χ1) is 18.2. The molecule has 0 unspecified atom stereocenters. The van der Waals surface area contributed by atoms with Crippen molar-refractivity contribution in [2.45, 2.75) is 101 Å². The van der Waals surface area contributed by atoms with Crippen molar-refractivity contribution in [2.24, 2.45) is 0 Å². The molecule has 1 aliphatic heterocycles. The van der Waals surface area contributed by atoms with Crippen molar-refractivity contribution in [1.29, 1.82) is 0 Å². The second-order valence-electron chi connectivity index (χ2n) is 11.6. The van der Waals surface area contributed by atoms with Gasteiger partial charge in [-0.05, 0) is 77.1 Å². The van der Waals surface area contributed by atoms with E-state index in [0.717, 1.165) is 44.2 Å². The Hall–Kier alpha value is -2.37. The lowest BCUT2D eigenvalue weighted by atomic mass is 9.94. The van der Waals surface area contributed by atoms with Crippen LogP contribution < -0.4 is 10.0 Å². The van der Waals surface area contributed by atoms with Gasteiger partial charge >= 0.3 is 6.18 Å². The normalized spacial score (nSPS) is 18.3. The van der Waals surface area contributed by atoms with Crippen molar-refractivity contribution in [2.75, 3.05) is 13.2 Å². The van der Waals surface area contributed by atoms with Gasteiger partial charge in [0.2, 0.25) is 10.0 Å². The molecule has 0 bridgehead atoms. The molecule has 39 heavy (non-hydrogen) atoms. The van der Waals surface area contributed by atoms with Crippen LogP contribution in [-0.2, 0) is 20.9 Å². The van der Waals surface area contributed by atoms with Gasteiger partial charge in [0, 0.05) is 42.2 Å². The number of amides is 1. The van der Waals surface area contributed by atoms with Gasteiger partial charge < -0.3 is 14.6 Å². The largest absolute Gasteiger partial charge is 0.417 e. The van der Waals surface area contributed by atoms with E-state index in [4.69, 9.17) is 4.74 Å². The Balaban J connectivity index is 1.81. The highest BCUT2D eigenvalue weighted by Gasteiger charge is 2.39. The van der Waals surface area contributed by atoms with Crippen molar-refractivity contribution in [3.63, 3.8) is 0 Å². The predicted molar refractivity (Wildman–Crippen MR) is 143 cm³/mol. The van der Waals surface area contributed by atoms with E-state index in [-0.39, 0.29) is 23.6 Å². The average Bonchev–Trinajstić information content (AvgIpc) is 3.20. The maximum Gasteiger partial charge on any atom is 0.417 e. The quantitative estimate of drug-likeness (QED) is 0.449. The van der Waals surface area contributed by atoms with E-state index in [1.165, 1.54) is 6.07 Å². The highest BCUT2D eigenvalue weighted by Crippen LogP contribution is 2.40. The van der Waals surface area contributed by atoms with Crippen LogP contribution in [0.25, 0.3) is 11.3 Å². The lowest BCUT2D eigenvalue weighted by Gasteiger charge is -2.28. The van der Waals surface area contributed by atoms with Crippen LogP contribution in [0.2, 0.25) is 0 Å². The van der Waals surface area contributed by atoms with E-state index >= 15 is 0 Å². The number of hydrogen-bond acceptors (Lipinski definition) is 4. The molecule has 1 aromatic carbocycles. The zero-order valence-electron chi connectivity index (χ0n) is 23.0. The average molecular weight is 570 g/mol. The molecule has 4 rings (SSSR count). The molecule has 0 radical (unpaired) electrons. The Morgan fingerprint density at radius 1 is 1.00 bits per heavy atom. The van der Waals surface area contributed by atoms with Crippen LogP contribution in [0, 0.1) is 6.92 Å². The number of benzene rings is 1. The molecule has 2 N–H and O–H groups in total. The van der Waals surface area contributed by atoms with Gasteiger partial charge in [0.15, 0.2) is 0 Å². The number of ether oxygens (including phenoxy) is 1. The topological polar surface area (TPSA) is 89.4 Å². The van der Waals surface area contributed by atoms with Gasteiger partial charge in [-0.3, -0.25) is 4.79 Å². The first-order valence-corrected chi connectivity index (χ1v) is 15.0. The van der Waals surface area contributed by atoms with Crippen molar-refractivity contribution in [1.82, 2.24) is 14.6 Å². The van der Waals surface area contributed by atoms with Gasteiger partial charge in [-0.1, -0.05) is 25.3 Å². The second kappa shape index (κ2) is 11.2. The second-order valence-corrected chi connectivity index (χ2v) is 13.3. The maximum absolute atomic E-state index is 14.3. The Bertz CT molecular complexity index is 1300. The van der Waals surface area contributed by atoms with Crippen LogP contribution in [0.5, 0.6) is 0 Å². The summed E-state index contributed by atoms with van der Waals surface area (Å²) in [6.45, 7) is 7.67. The number of rotatable bonds is 6. The number of sulfonamides is 1. The number of alkyl halides is 3. The summed E-state index contributed by atoms with van der Waals surface area (Å²) in [6.07, 6.45) is 1.30. The van der Waals surface area contributed by atoms with Crippen LogP contribution in [0.15, 0.2) is 29.2 Å². The molecule has 216 valence electrons. The van der Waals surface area contributed by atoms with Gasteiger partial charge in [-0.15, -0.1) is 0 Å². The standard InChI is InChI=1S/C28H38F3N3O4S/c1-18-22(26(35)32-20-12-14-38-15-13-20)17-24(34(18)21-8-6-5-7-9-21)19-10-11-25(23(16-19)28(29,30)31)39(36,37)33-27(2,3)4/h10-11,16-17,20-21,33H,5-9,12-15H2,1-4H3,(H,32,35). The summed E-state index contributed by atoms with van der Waals surface area (Å²) in [5, 5.41) is 3.06. The molecule has 2 aliphatic rings. The molecule has 0 atom stereocenters. The number of hydrogen-bond donors (Lipinski definition) is 2. The van der Waals surface area contributed by atoms with Crippen molar-refractivity contribution in [3.05, 3.63) is 41.1 Å². The summed E-state index contributed by atoms with van der Waals surface area (Å²) < 4.78 is 78.3. The molecular formula is C28H38F3N3O4S. The van der Waals surface area contributed by atoms with Crippen LogP contribution >= 0.6 is 0 Å². The van der Waals surface area contributed by atoms with Gasteiger partial charge in [0.1, 0.15) is 0 Å². The third-order valence-corrected chi connectivity index (χ3v) is 9.16. The van der Waals surface area contributed by atoms with Crippen molar-refractivity contribution in [3.8, 4) is 11.3 Å². The fourth-order valence-corrected chi connectivity index (χ4v) is 7.22. The lowest BCUT2D eigenvalue weighted by Crippen LogP contribution is -2.41.